The van der Waals surface area contributed by atoms with E-state index in [2.05, 4.69) is 0 Å². The van der Waals surface area contributed by atoms with Gasteiger partial charge < -0.3 is 15.2 Å². The Labute approximate surface area is 123 Å². The van der Waals surface area contributed by atoms with E-state index in [1.807, 2.05) is 13.8 Å². The molecule has 0 radical (unpaired) electrons. The highest BCUT2D eigenvalue weighted by Crippen LogP contribution is 2.25. The molecule has 1 aromatic heterocycles. The summed E-state index contributed by atoms with van der Waals surface area (Å²) in [5.41, 5.74) is 6.06. The molecule has 1 aliphatic rings. The van der Waals surface area contributed by atoms with Crippen LogP contribution in [0.2, 0.25) is 0 Å². The van der Waals surface area contributed by atoms with E-state index >= 15 is 0 Å². The Bertz CT molecular complexity index is 540. The zero-order valence-corrected chi connectivity index (χ0v) is 12.5. The third kappa shape index (κ3) is 3.07. The maximum atomic E-state index is 12.7. The van der Waals surface area contributed by atoms with E-state index in [1.54, 1.807) is 9.47 Å². The van der Waals surface area contributed by atoms with Crippen molar-refractivity contribution in [3.8, 4) is 0 Å². The lowest BCUT2D eigenvalue weighted by molar-refractivity contribution is -0.384. The largest absolute Gasteiger partial charge is 0.337 e. The first-order chi connectivity index (χ1) is 9.97. The van der Waals surface area contributed by atoms with E-state index in [0.717, 1.165) is 12.8 Å². The van der Waals surface area contributed by atoms with Crippen LogP contribution in [-0.2, 0) is 6.54 Å². The van der Waals surface area contributed by atoms with Crippen molar-refractivity contribution in [2.75, 3.05) is 13.1 Å². The maximum Gasteiger partial charge on any atom is 0.287 e. The van der Waals surface area contributed by atoms with E-state index in [4.69, 9.17) is 5.73 Å². The highest BCUT2D eigenvalue weighted by molar-refractivity contribution is 5.94. The second kappa shape index (κ2) is 6.26. The molecular formula is C14H22N4O3. The molecule has 1 amide bonds. The Kier molecular flexibility index (Phi) is 4.62. The molecule has 1 aliphatic heterocycles. The monoisotopic (exact) mass is 294 g/mol. The summed E-state index contributed by atoms with van der Waals surface area (Å²) in [6, 6.07) is 1.50. The van der Waals surface area contributed by atoms with Crippen molar-refractivity contribution in [2.24, 2.45) is 11.7 Å². The van der Waals surface area contributed by atoms with E-state index in [9.17, 15) is 14.9 Å². The van der Waals surface area contributed by atoms with Crippen LogP contribution in [0.15, 0.2) is 12.3 Å². The van der Waals surface area contributed by atoms with Crippen molar-refractivity contribution in [3.63, 3.8) is 0 Å². The number of nitrogens with two attached hydrogens (primary N) is 1. The normalized spacial score (nSPS) is 22.3. The first kappa shape index (κ1) is 15.5. The zero-order valence-electron chi connectivity index (χ0n) is 12.5. The summed E-state index contributed by atoms with van der Waals surface area (Å²) in [6.07, 6.45) is 3.36. The molecule has 0 spiro atoms. The van der Waals surface area contributed by atoms with Gasteiger partial charge in [0, 0.05) is 25.2 Å². The Morgan fingerprint density at radius 2 is 2.24 bits per heavy atom. The quantitative estimate of drug-likeness (QED) is 0.674. The molecule has 7 nitrogen and oxygen atoms in total. The highest BCUT2D eigenvalue weighted by atomic mass is 16.6. The van der Waals surface area contributed by atoms with Gasteiger partial charge in [0.15, 0.2) is 0 Å². The molecule has 2 rings (SSSR count). The fourth-order valence-electron chi connectivity index (χ4n) is 2.84. The van der Waals surface area contributed by atoms with Crippen LogP contribution in [0, 0.1) is 16.0 Å². The fourth-order valence-corrected chi connectivity index (χ4v) is 2.84. The molecule has 0 aromatic carbocycles. The number of hydrogen-bond acceptors (Lipinski definition) is 4. The van der Waals surface area contributed by atoms with Crippen molar-refractivity contribution in [1.29, 1.82) is 0 Å². The van der Waals surface area contributed by atoms with Gasteiger partial charge in [-0.1, -0.05) is 0 Å². The third-order valence-corrected chi connectivity index (χ3v) is 4.23. The van der Waals surface area contributed by atoms with Crippen molar-refractivity contribution in [3.05, 3.63) is 28.1 Å². The number of aromatic nitrogens is 1. The van der Waals surface area contributed by atoms with Crippen molar-refractivity contribution in [2.45, 2.75) is 39.3 Å². The molecule has 1 fully saturated rings. The lowest BCUT2D eigenvalue weighted by Crippen LogP contribution is -2.47. The SMILES string of the molecule is CCn1cc([N+](=O)[O-])cc1C(=O)N1CC(CN)CCC1C. The van der Waals surface area contributed by atoms with E-state index < -0.39 is 4.92 Å². The average Bonchev–Trinajstić information content (AvgIpc) is 2.91. The second-order valence-corrected chi connectivity index (χ2v) is 5.61. The standard InChI is InChI=1S/C14H22N4O3/c1-3-16-9-12(18(20)21)6-13(16)14(19)17-8-11(7-15)5-4-10(17)2/h6,9-11H,3-5,7-8,15H2,1-2H3. The molecule has 2 atom stereocenters. The number of rotatable bonds is 4. The number of carbonyl (C=O) groups excluding carboxylic acids is 1. The molecule has 2 unspecified atom stereocenters. The van der Waals surface area contributed by atoms with Crippen LogP contribution in [0.25, 0.3) is 0 Å². The Morgan fingerprint density at radius 1 is 1.52 bits per heavy atom. The molecular weight excluding hydrogens is 272 g/mol. The van der Waals surface area contributed by atoms with E-state index in [1.165, 1.54) is 12.3 Å². The lowest BCUT2D eigenvalue weighted by atomic mass is 9.93. The van der Waals surface area contributed by atoms with Crippen LogP contribution in [0.3, 0.4) is 0 Å². The number of hydrogen-bond donors (Lipinski definition) is 1. The van der Waals surface area contributed by atoms with Gasteiger partial charge in [0.1, 0.15) is 5.69 Å². The molecule has 2 N–H and O–H groups in total. The number of piperidine rings is 1. The molecule has 0 aliphatic carbocycles. The average molecular weight is 294 g/mol. The minimum atomic E-state index is -0.467. The fraction of sp³-hybridized carbons (Fsp3) is 0.643. The molecule has 0 bridgehead atoms. The summed E-state index contributed by atoms with van der Waals surface area (Å²) < 4.78 is 1.64. The topological polar surface area (TPSA) is 94.4 Å². The first-order valence-electron chi connectivity index (χ1n) is 7.33. The maximum absolute atomic E-state index is 12.7. The molecule has 1 aromatic rings. The van der Waals surface area contributed by atoms with Crippen LogP contribution < -0.4 is 5.73 Å². The Balaban J connectivity index is 2.27. The van der Waals surface area contributed by atoms with Gasteiger partial charge in [0.05, 0.1) is 11.1 Å². The molecule has 1 saturated heterocycles. The molecule has 7 heteroatoms. The predicted octanol–water partition coefficient (Wildman–Crippen LogP) is 1.62. The minimum Gasteiger partial charge on any atom is -0.337 e. The third-order valence-electron chi connectivity index (χ3n) is 4.23. The number of carbonyl (C=O) groups is 1. The van der Waals surface area contributed by atoms with Crippen molar-refractivity contribution < 1.29 is 9.72 Å². The summed E-state index contributed by atoms with van der Waals surface area (Å²) in [5, 5.41) is 10.9. The van der Waals surface area contributed by atoms with Crippen LogP contribution in [-0.4, -0.2) is 39.4 Å². The highest BCUT2D eigenvalue weighted by Gasteiger charge is 2.31. The van der Waals surface area contributed by atoms with E-state index in [0.29, 0.717) is 31.2 Å². The Morgan fingerprint density at radius 3 is 2.81 bits per heavy atom. The summed E-state index contributed by atoms with van der Waals surface area (Å²) in [6.45, 7) is 5.59. The van der Waals surface area contributed by atoms with Crippen LogP contribution >= 0.6 is 0 Å². The van der Waals surface area contributed by atoms with Gasteiger partial charge in [-0.25, -0.2) is 0 Å². The van der Waals surface area contributed by atoms with Crippen LogP contribution in [0.4, 0.5) is 5.69 Å². The van der Waals surface area contributed by atoms with Crippen molar-refractivity contribution >= 4 is 11.6 Å². The number of likely N-dealkylation sites (tertiary alicyclic amines) is 1. The number of amides is 1. The number of aryl methyl sites for hydroxylation is 1. The summed E-state index contributed by atoms with van der Waals surface area (Å²) in [7, 11) is 0. The van der Waals surface area contributed by atoms with Gasteiger partial charge in [-0.15, -0.1) is 0 Å². The number of nitro groups is 1. The molecule has 21 heavy (non-hydrogen) atoms. The predicted molar refractivity (Wildman–Crippen MR) is 79.0 cm³/mol. The second-order valence-electron chi connectivity index (χ2n) is 5.61. The smallest absolute Gasteiger partial charge is 0.287 e. The summed E-state index contributed by atoms with van der Waals surface area (Å²) in [5.74, 6) is 0.167. The van der Waals surface area contributed by atoms with Gasteiger partial charge in [-0.2, -0.15) is 0 Å². The van der Waals surface area contributed by atoms with Crippen LogP contribution in [0.1, 0.15) is 37.2 Å². The Hall–Kier alpha value is -1.89. The van der Waals surface area contributed by atoms with Gasteiger partial charge in [-0.05, 0) is 39.2 Å². The lowest BCUT2D eigenvalue weighted by Gasteiger charge is -2.37. The molecule has 2 heterocycles. The summed E-state index contributed by atoms with van der Waals surface area (Å²) in [4.78, 5) is 25.0. The zero-order chi connectivity index (χ0) is 15.6. The first-order valence-corrected chi connectivity index (χ1v) is 7.33. The van der Waals surface area contributed by atoms with Gasteiger partial charge in [0.25, 0.3) is 11.6 Å². The molecule has 0 saturated carbocycles. The van der Waals surface area contributed by atoms with Crippen molar-refractivity contribution in [1.82, 2.24) is 9.47 Å². The minimum absolute atomic E-state index is 0.0414. The molecule has 116 valence electrons. The number of nitrogens with zero attached hydrogens (tertiary/aromatic N) is 3. The summed E-state index contributed by atoms with van der Waals surface area (Å²) >= 11 is 0. The van der Waals surface area contributed by atoms with Gasteiger partial charge in [0.2, 0.25) is 0 Å². The van der Waals surface area contributed by atoms with E-state index in [-0.39, 0.29) is 17.6 Å². The van der Waals surface area contributed by atoms with Gasteiger partial charge >= 0.3 is 0 Å². The van der Waals surface area contributed by atoms with Crippen LogP contribution in [0.5, 0.6) is 0 Å². The van der Waals surface area contributed by atoms with Gasteiger partial charge in [-0.3, -0.25) is 14.9 Å².